The van der Waals surface area contributed by atoms with Crippen molar-refractivity contribution in [2.24, 2.45) is 5.92 Å². The van der Waals surface area contributed by atoms with Gasteiger partial charge in [0.25, 0.3) is 0 Å². The molecular weight excluding hydrogens is 346 g/mol. The number of likely N-dealkylation sites (tertiary alicyclic amines) is 1. The third-order valence-electron chi connectivity index (χ3n) is 5.30. The zero-order valence-corrected chi connectivity index (χ0v) is 16.4. The predicted octanol–water partition coefficient (Wildman–Crippen LogP) is 5.34. The van der Waals surface area contributed by atoms with Crippen LogP contribution in [0.4, 0.5) is 0 Å². The molecule has 1 aromatic heterocycles. The Morgan fingerprint density at radius 1 is 1.16 bits per heavy atom. The van der Waals surface area contributed by atoms with Crippen molar-refractivity contribution in [3.05, 3.63) is 52.4 Å². The van der Waals surface area contributed by atoms with Gasteiger partial charge in [-0.05, 0) is 48.4 Å². The first-order chi connectivity index (χ1) is 12.1. The van der Waals surface area contributed by atoms with Crippen molar-refractivity contribution in [3.8, 4) is 0 Å². The van der Waals surface area contributed by atoms with Gasteiger partial charge in [-0.3, -0.25) is 4.79 Å². The summed E-state index contributed by atoms with van der Waals surface area (Å²) < 4.78 is 1.42. The fourth-order valence-electron chi connectivity index (χ4n) is 3.72. The van der Waals surface area contributed by atoms with Crippen LogP contribution in [-0.4, -0.2) is 30.3 Å². The molecular formula is C21H23NOS2. The van der Waals surface area contributed by atoms with Crippen molar-refractivity contribution >= 4 is 34.5 Å². The van der Waals surface area contributed by atoms with Crippen LogP contribution >= 0.6 is 23.1 Å². The van der Waals surface area contributed by atoms with E-state index in [0.717, 1.165) is 32.5 Å². The number of thiophene rings is 1. The number of ketones is 1. The summed E-state index contributed by atoms with van der Waals surface area (Å²) in [5.41, 5.74) is 5.89. The smallest absolute Gasteiger partial charge is 0.133 e. The van der Waals surface area contributed by atoms with E-state index in [-0.39, 0.29) is 5.92 Å². The Bertz CT molecular complexity index is 826. The minimum atomic E-state index is 0.143. The van der Waals surface area contributed by atoms with Crippen LogP contribution in [0.2, 0.25) is 0 Å². The molecule has 0 bridgehead atoms. The quantitative estimate of drug-likeness (QED) is 0.622. The van der Waals surface area contributed by atoms with Gasteiger partial charge in [-0.1, -0.05) is 42.5 Å². The Kier molecular flexibility index (Phi) is 4.85. The van der Waals surface area contributed by atoms with E-state index in [1.54, 1.807) is 12.5 Å². The molecule has 0 saturated carbocycles. The second-order valence-corrected chi connectivity index (χ2v) is 9.24. The molecule has 1 unspecified atom stereocenters. The average Bonchev–Trinajstić information content (AvgIpc) is 3.08. The van der Waals surface area contributed by atoms with E-state index in [2.05, 4.69) is 40.6 Å². The molecule has 2 nitrogen and oxygen atoms in total. The van der Waals surface area contributed by atoms with Crippen LogP contribution in [0, 0.1) is 5.92 Å². The van der Waals surface area contributed by atoms with Gasteiger partial charge >= 0.3 is 0 Å². The largest absolute Gasteiger partial charge is 0.302 e. The Morgan fingerprint density at radius 3 is 2.68 bits per heavy atom. The molecule has 4 rings (SSSR count). The molecule has 1 atom stereocenters. The fraction of sp³-hybridized carbons (Fsp3) is 0.381. The molecule has 2 aliphatic heterocycles. The van der Waals surface area contributed by atoms with Gasteiger partial charge in [-0.2, -0.15) is 0 Å². The minimum Gasteiger partial charge on any atom is -0.302 e. The Balaban J connectivity index is 1.62. The minimum absolute atomic E-state index is 0.143. The van der Waals surface area contributed by atoms with Crippen LogP contribution in [-0.2, 0) is 4.79 Å². The molecule has 0 amide bonds. The zero-order chi connectivity index (χ0) is 17.4. The molecule has 130 valence electrons. The van der Waals surface area contributed by atoms with Crippen molar-refractivity contribution in [1.82, 2.24) is 4.90 Å². The normalized spacial score (nSPS) is 18.6. The highest BCUT2D eigenvalue weighted by molar-refractivity contribution is 8.01. The van der Waals surface area contributed by atoms with Gasteiger partial charge in [-0.15, -0.1) is 11.3 Å². The van der Waals surface area contributed by atoms with Crippen molar-refractivity contribution in [2.45, 2.75) is 35.8 Å². The summed E-state index contributed by atoms with van der Waals surface area (Å²) in [4.78, 5) is 15.4. The lowest BCUT2D eigenvalue weighted by Crippen LogP contribution is -2.36. The first kappa shape index (κ1) is 17.1. The average molecular weight is 370 g/mol. The van der Waals surface area contributed by atoms with Crippen LogP contribution in [0.1, 0.15) is 37.8 Å². The molecule has 0 radical (unpaired) electrons. The van der Waals surface area contributed by atoms with Crippen LogP contribution < -0.4 is 0 Å². The van der Waals surface area contributed by atoms with Crippen molar-refractivity contribution in [2.75, 3.05) is 19.6 Å². The molecule has 1 fully saturated rings. The van der Waals surface area contributed by atoms with Gasteiger partial charge in [0, 0.05) is 36.0 Å². The first-order valence-electron chi connectivity index (χ1n) is 8.93. The molecule has 2 aliphatic rings. The highest BCUT2D eigenvalue weighted by Crippen LogP contribution is 2.49. The van der Waals surface area contributed by atoms with E-state index < -0.39 is 0 Å². The summed E-state index contributed by atoms with van der Waals surface area (Å²) in [5, 5.41) is 2.22. The maximum absolute atomic E-state index is 11.5. The first-order valence-corrected chi connectivity index (χ1v) is 10.6. The predicted molar refractivity (Wildman–Crippen MR) is 106 cm³/mol. The summed E-state index contributed by atoms with van der Waals surface area (Å²) in [5.74, 6) is 0.440. The summed E-state index contributed by atoms with van der Waals surface area (Å²) >= 11 is 3.76. The van der Waals surface area contributed by atoms with Gasteiger partial charge < -0.3 is 4.90 Å². The molecule has 2 aromatic rings. The van der Waals surface area contributed by atoms with E-state index >= 15 is 0 Å². The number of benzene rings is 1. The van der Waals surface area contributed by atoms with Crippen molar-refractivity contribution in [3.63, 3.8) is 0 Å². The number of nitrogens with zero attached hydrogens (tertiary/aromatic N) is 1. The molecule has 0 N–H and O–H groups in total. The standard InChI is InChI=1S/C21H23NOS2/c1-14(15(2)23)13-22-10-7-16(8-11-22)20-17-5-3-4-6-19(17)25-21-18(20)9-12-24-21/h3-6,9,12,14H,7-8,10-11,13H2,1-2H3. The fourth-order valence-corrected chi connectivity index (χ4v) is 5.88. The number of piperidine rings is 1. The number of hydrogen-bond acceptors (Lipinski definition) is 4. The number of Topliss-reactive ketones (excluding diaryl/α,β-unsaturated/α-hetero) is 1. The molecule has 1 saturated heterocycles. The van der Waals surface area contributed by atoms with E-state index in [1.807, 2.05) is 30.0 Å². The van der Waals surface area contributed by atoms with E-state index in [1.165, 1.54) is 25.8 Å². The molecule has 0 aliphatic carbocycles. The highest BCUT2D eigenvalue weighted by atomic mass is 32.2. The Labute approximate surface area is 157 Å². The van der Waals surface area contributed by atoms with Crippen molar-refractivity contribution < 1.29 is 4.79 Å². The maximum atomic E-state index is 11.5. The van der Waals surface area contributed by atoms with E-state index in [4.69, 9.17) is 0 Å². The maximum Gasteiger partial charge on any atom is 0.133 e. The lowest BCUT2D eigenvalue weighted by atomic mass is 9.89. The second kappa shape index (κ2) is 7.10. The van der Waals surface area contributed by atoms with Gasteiger partial charge in [0.15, 0.2) is 0 Å². The van der Waals surface area contributed by atoms with Gasteiger partial charge in [0.2, 0.25) is 0 Å². The third-order valence-corrected chi connectivity index (χ3v) is 7.52. The second-order valence-electron chi connectivity index (χ2n) is 7.01. The molecule has 4 heteroatoms. The number of carbonyl (C=O) groups excluding carboxylic acids is 1. The number of fused-ring (bicyclic) bond motifs is 2. The summed E-state index contributed by atoms with van der Waals surface area (Å²) in [6.07, 6.45) is 2.21. The number of hydrogen-bond donors (Lipinski definition) is 0. The SMILES string of the molecule is CC(=O)C(C)CN1CCC(=C2c3ccccc3Sc3sccc32)CC1. The third kappa shape index (κ3) is 3.35. The number of carbonyl (C=O) groups is 1. The molecule has 3 heterocycles. The Morgan fingerprint density at radius 2 is 1.92 bits per heavy atom. The highest BCUT2D eigenvalue weighted by Gasteiger charge is 2.27. The zero-order valence-electron chi connectivity index (χ0n) is 14.7. The van der Waals surface area contributed by atoms with E-state index in [9.17, 15) is 4.79 Å². The summed E-state index contributed by atoms with van der Waals surface area (Å²) in [6, 6.07) is 11.1. The lowest BCUT2D eigenvalue weighted by Gasteiger charge is -2.32. The van der Waals surface area contributed by atoms with E-state index in [0.29, 0.717) is 5.78 Å². The molecule has 1 aromatic carbocycles. The van der Waals surface area contributed by atoms with Gasteiger partial charge in [0.05, 0.1) is 4.21 Å². The Hall–Kier alpha value is -1.36. The number of rotatable bonds is 3. The lowest BCUT2D eigenvalue weighted by molar-refractivity contribution is -0.120. The summed E-state index contributed by atoms with van der Waals surface area (Å²) in [7, 11) is 0. The van der Waals surface area contributed by atoms with Crippen LogP contribution in [0.25, 0.3) is 5.57 Å². The van der Waals surface area contributed by atoms with Crippen LogP contribution in [0.3, 0.4) is 0 Å². The van der Waals surface area contributed by atoms with Gasteiger partial charge in [-0.25, -0.2) is 0 Å². The monoisotopic (exact) mass is 369 g/mol. The summed E-state index contributed by atoms with van der Waals surface area (Å²) in [6.45, 7) is 6.77. The molecule has 0 spiro atoms. The van der Waals surface area contributed by atoms with Crippen LogP contribution in [0.5, 0.6) is 0 Å². The topological polar surface area (TPSA) is 20.3 Å². The van der Waals surface area contributed by atoms with Gasteiger partial charge in [0.1, 0.15) is 5.78 Å². The molecule has 25 heavy (non-hydrogen) atoms. The van der Waals surface area contributed by atoms with Crippen LogP contribution in [0.15, 0.2) is 50.4 Å². The van der Waals surface area contributed by atoms with Crippen molar-refractivity contribution in [1.29, 1.82) is 0 Å².